The molecule has 0 atom stereocenters. The van der Waals surface area contributed by atoms with Crippen molar-refractivity contribution >= 4 is 16.3 Å². The van der Waals surface area contributed by atoms with Gasteiger partial charge in [-0.25, -0.2) is 0 Å². The van der Waals surface area contributed by atoms with Crippen LogP contribution in [0.25, 0.3) is 0 Å². The van der Waals surface area contributed by atoms with Crippen LogP contribution in [0.3, 0.4) is 0 Å². The van der Waals surface area contributed by atoms with Crippen molar-refractivity contribution in [2.24, 2.45) is 5.73 Å². The zero-order valence-electron chi connectivity index (χ0n) is 16.5. The molecule has 0 rings (SSSR count). The van der Waals surface area contributed by atoms with E-state index in [-0.39, 0.29) is 0 Å². The van der Waals surface area contributed by atoms with E-state index in [4.69, 9.17) is 17.5 Å². The molecule has 2 N–H and O–H groups in total. The van der Waals surface area contributed by atoms with Crippen molar-refractivity contribution in [3.8, 4) is 0 Å². The fourth-order valence-electron chi connectivity index (χ4n) is 1.34. The van der Waals surface area contributed by atoms with Crippen LogP contribution in [0, 0.1) is 0 Å². The first kappa shape index (κ1) is 30.8. The lowest BCUT2D eigenvalue weighted by atomic mass is 10.4. The van der Waals surface area contributed by atoms with Gasteiger partial charge in [0.1, 0.15) is 0 Å². The fourth-order valence-corrected chi connectivity index (χ4v) is 1.34. The van der Waals surface area contributed by atoms with Crippen molar-refractivity contribution in [3.05, 3.63) is 12.7 Å². The largest absolute Gasteiger partial charge is 0.759 e. The summed E-state index contributed by atoms with van der Waals surface area (Å²) in [4.78, 5) is 9.47. The second-order valence-corrected chi connectivity index (χ2v) is 7.86. The number of hydrogen-bond acceptors (Lipinski definition) is 5. The summed E-state index contributed by atoms with van der Waals surface area (Å²) < 4.78 is 36.3. The molecule has 0 spiro atoms. The smallest absolute Gasteiger partial charge is 0.240 e. The molecular weight excluding hydrogens is 334 g/mol. The van der Waals surface area contributed by atoms with Crippen molar-refractivity contribution < 1.29 is 31.3 Å². The molecule has 0 heterocycles. The lowest BCUT2D eigenvalue weighted by Crippen LogP contribution is -2.34. The molecule has 0 unspecified atom stereocenters. The topological polar surface area (TPSA) is 123 Å². The van der Waals surface area contributed by atoms with E-state index >= 15 is 0 Å². The number of quaternary nitrogens is 2. The first-order valence-corrected chi connectivity index (χ1v) is 8.92. The lowest BCUT2D eigenvalue weighted by Gasteiger charge is -2.22. The van der Waals surface area contributed by atoms with Crippen LogP contribution in [0.2, 0.25) is 0 Å². The maximum absolute atomic E-state index is 9.47. The van der Waals surface area contributed by atoms with E-state index < -0.39 is 16.3 Å². The van der Waals surface area contributed by atoms with Gasteiger partial charge in [0.2, 0.25) is 5.91 Å². The molecule has 148 valence electrons. The number of amides is 1. The standard InChI is InChI=1S/2C6H16N.C3H5NO.H2O4S/c2*1-5-6-7(2,3)4;1-2-3(4)5;1-5(2,3)4/h2*5-6H2,1-4H3;2H,1H2,(H2,4,5);(H2,1,2,3,4)/q2*+1;;/p-2. The van der Waals surface area contributed by atoms with Crippen molar-refractivity contribution in [3.63, 3.8) is 0 Å². The highest BCUT2D eigenvalue weighted by atomic mass is 32.3. The third-order valence-electron chi connectivity index (χ3n) is 1.99. The molecule has 0 saturated heterocycles. The second kappa shape index (κ2) is 15.5. The monoisotopic (exact) mass is 371 g/mol. The van der Waals surface area contributed by atoms with Gasteiger partial charge in [0.15, 0.2) is 0 Å². The van der Waals surface area contributed by atoms with Crippen molar-refractivity contribution in [2.75, 3.05) is 55.4 Å². The number of carbonyl (C=O) groups excluding carboxylic acids is 1. The molecule has 1 amide bonds. The summed E-state index contributed by atoms with van der Waals surface area (Å²) in [5.74, 6) is -0.481. The zero-order valence-corrected chi connectivity index (χ0v) is 17.4. The number of hydrogen-bond donors (Lipinski definition) is 1. The van der Waals surface area contributed by atoms with E-state index in [9.17, 15) is 4.79 Å². The first-order valence-electron chi connectivity index (χ1n) is 7.59. The Kier molecular flexibility index (Phi) is 19.9. The quantitative estimate of drug-likeness (QED) is 0.327. The Morgan fingerprint density at radius 2 is 1.12 bits per heavy atom. The SMILES string of the molecule is C=CC(N)=O.CCC[N+](C)(C)C.CCC[N+](C)(C)C.O=S(=O)([O-])[O-]. The van der Waals surface area contributed by atoms with Crippen LogP contribution in [0.4, 0.5) is 0 Å². The average molecular weight is 372 g/mol. The maximum Gasteiger partial charge on any atom is 0.240 e. The van der Waals surface area contributed by atoms with Crippen LogP contribution in [0.1, 0.15) is 26.7 Å². The molecule has 0 saturated carbocycles. The molecule has 0 radical (unpaired) electrons. The Labute approximate surface area is 148 Å². The highest BCUT2D eigenvalue weighted by molar-refractivity contribution is 7.79. The minimum absolute atomic E-state index is 0.481. The molecule has 24 heavy (non-hydrogen) atoms. The van der Waals surface area contributed by atoms with E-state index in [0.717, 1.165) is 15.0 Å². The van der Waals surface area contributed by atoms with E-state index in [0.29, 0.717) is 0 Å². The third kappa shape index (κ3) is 104. The minimum atomic E-state index is -5.17. The molecule has 9 heteroatoms. The Bertz CT molecular complexity index is 386. The normalized spacial score (nSPS) is 10.8. The highest BCUT2D eigenvalue weighted by Gasteiger charge is 2.01. The van der Waals surface area contributed by atoms with Crippen LogP contribution in [-0.2, 0) is 15.2 Å². The Morgan fingerprint density at radius 1 is 0.958 bits per heavy atom. The van der Waals surface area contributed by atoms with Gasteiger partial charge in [-0.2, -0.15) is 0 Å². The number of nitrogens with two attached hydrogens (primary N) is 1. The molecule has 0 aliphatic rings. The second-order valence-electron chi connectivity index (χ2n) is 7.04. The van der Waals surface area contributed by atoms with Gasteiger partial charge in [-0.1, -0.05) is 20.4 Å². The van der Waals surface area contributed by atoms with Crippen molar-refractivity contribution in [1.29, 1.82) is 0 Å². The van der Waals surface area contributed by atoms with Gasteiger partial charge >= 0.3 is 0 Å². The van der Waals surface area contributed by atoms with Crippen LogP contribution in [0.15, 0.2) is 12.7 Å². The average Bonchev–Trinajstić information content (AvgIpc) is 2.24. The maximum atomic E-state index is 9.47. The Morgan fingerprint density at radius 3 is 1.12 bits per heavy atom. The van der Waals surface area contributed by atoms with Crippen LogP contribution in [-0.4, -0.2) is 87.8 Å². The van der Waals surface area contributed by atoms with Gasteiger partial charge in [-0.05, 0) is 18.9 Å². The van der Waals surface area contributed by atoms with Crippen LogP contribution < -0.4 is 5.73 Å². The lowest BCUT2D eigenvalue weighted by molar-refractivity contribution is -0.870. The van der Waals surface area contributed by atoms with Crippen LogP contribution in [0.5, 0.6) is 0 Å². The summed E-state index contributed by atoms with van der Waals surface area (Å²) in [7, 11) is 8.10. The molecule has 0 aromatic rings. The summed E-state index contributed by atoms with van der Waals surface area (Å²) in [6.07, 6.45) is 3.62. The van der Waals surface area contributed by atoms with Gasteiger partial charge in [0.05, 0.1) is 55.4 Å². The number of primary amides is 1. The molecule has 0 bridgehead atoms. The van der Waals surface area contributed by atoms with Crippen molar-refractivity contribution in [1.82, 2.24) is 0 Å². The Hall–Kier alpha value is -1.00. The highest BCUT2D eigenvalue weighted by Crippen LogP contribution is 1.90. The van der Waals surface area contributed by atoms with Gasteiger partial charge in [-0.15, -0.1) is 0 Å². The fraction of sp³-hybridized carbons (Fsp3) is 0.800. The first-order chi connectivity index (χ1) is 10.4. The van der Waals surface area contributed by atoms with Gasteiger partial charge < -0.3 is 23.8 Å². The van der Waals surface area contributed by atoms with Gasteiger partial charge in [-0.3, -0.25) is 13.2 Å². The van der Waals surface area contributed by atoms with Gasteiger partial charge in [0.25, 0.3) is 0 Å². The predicted octanol–water partition coefficient (Wildman–Crippen LogP) is 0.525. The number of nitrogens with zero attached hydrogens (tertiary/aromatic N) is 2. The molecule has 0 aliphatic heterocycles. The zero-order chi connectivity index (χ0) is 20.6. The van der Waals surface area contributed by atoms with Gasteiger partial charge in [0, 0.05) is 10.4 Å². The molecule has 0 aromatic heterocycles. The minimum Gasteiger partial charge on any atom is -0.759 e. The van der Waals surface area contributed by atoms with E-state index in [1.165, 1.54) is 25.9 Å². The molecule has 0 aliphatic carbocycles. The number of rotatable bonds is 5. The molecule has 0 fully saturated rings. The van der Waals surface area contributed by atoms with E-state index in [1.54, 1.807) is 0 Å². The van der Waals surface area contributed by atoms with Crippen molar-refractivity contribution in [2.45, 2.75) is 26.7 Å². The van der Waals surface area contributed by atoms with E-state index in [2.05, 4.69) is 68.4 Å². The molecular formula is C15H37N3O5S. The van der Waals surface area contributed by atoms with E-state index in [1.807, 2.05) is 0 Å². The predicted molar refractivity (Wildman–Crippen MR) is 96.2 cm³/mol. The summed E-state index contributed by atoms with van der Waals surface area (Å²) in [5.41, 5.74) is 4.53. The molecule has 8 nitrogen and oxygen atoms in total. The number of carbonyl (C=O) groups is 1. The Balaban J connectivity index is -0.000000113. The summed E-state index contributed by atoms with van der Waals surface area (Å²) in [6.45, 7) is 10.1. The third-order valence-corrected chi connectivity index (χ3v) is 1.99. The summed E-state index contributed by atoms with van der Waals surface area (Å²) in [6, 6.07) is 0. The molecule has 0 aromatic carbocycles. The summed E-state index contributed by atoms with van der Waals surface area (Å²) >= 11 is 0. The summed E-state index contributed by atoms with van der Waals surface area (Å²) in [5, 5.41) is 0. The van der Waals surface area contributed by atoms with Crippen LogP contribution >= 0.6 is 0 Å².